The minimum Gasteiger partial charge on any atom is -0.479 e. The van der Waals surface area contributed by atoms with E-state index in [1.165, 1.54) is 47.5 Å². The highest BCUT2D eigenvalue weighted by molar-refractivity contribution is 7.90. The van der Waals surface area contributed by atoms with E-state index >= 15 is 0 Å². The first-order valence-electron chi connectivity index (χ1n) is 11.4. The first-order valence-corrected chi connectivity index (χ1v) is 15.2. The van der Waals surface area contributed by atoms with Crippen LogP contribution in [0.4, 0.5) is 10.5 Å². The molecule has 1 fully saturated rings. The SMILES string of the molecule is CS(=O)(=O)c1ccc(N(CC2CCCC2)C(=O)NC(C(=O)O)(c2ccc(S(=O)O)[nH]2)c2nccs2)cc1. The van der Waals surface area contributed by atoms with E-state index in [1.807, 2.05) is 0 Å². The zero-order chi connectivity index (χ0) is 26.8. The number of anilines is 1. The number of nitrogens with one attached hydrogen (secondary N) is 2. The third-order valence-corrected chi connectivity index (χ3v) is 8.99. The summed E-state index contributed by atoms with van der Waals surface area (Å²) in [6.45, 7) is 0.300. The smallest absolute Gasteiger partial charge is 0.343 e. The van der Waals surface area contributed by atoms with Gasteiger partial charge in [0.1, 0.15) is 10.0 Å². The van der Waals surface area contributed by atoms with Crippen molar-refractivity contribution >= 4 is 49.9 Å². The maximum atomic E-state index is 13.8. The fourth-order valence-corrected chi connectivity index (χ4v) is 6.27. The van der Waals surface area contributed by atoms with Gasteiger partial charge in [0.2, 0.25) is 16.6 Å². The number of hydrogen-bond donors (Lipinski definition) is 4. The number of benzene rings is 1. The van der Waals surface area contributed by atoms with Crippen molar-refractivity contribution in [3.8, 4) is 0 Å². The molecular weight excluding hydrogens is 540 g/mol. The standard InChI is InChI=1S/C23H26N4O7S3/c1-37(33,34)17-8-6-16(7-9-17)27(14-15-4-2-3-5-15)22(30)26-23(21(28)29,20-24-12-13-35-20)18-10-11-19(25-18)36(31)32/h6-13,15,25H,2-5,14H2,1H3,(H,26,30)(H,28,29)(H,31,32). The zero-order valence-electron chi connectivity index (χ0n) is 19.8. The molecule has 14 heteroatoms. The highest BCUT2D eigenvalue weighted by atomic mass is 32.2. The summed E-state index contributed by atoms with van der Waals surface area (Å²) in [7, 11) is -3.45. The van der Waals surface area contributed by atoms with E-state index in [-0.39, 0.29) is 26.5 Å². The molecule has 3 aromatic rings. The van der Waals surface area contributed by atoms with Gasteiger partial charge < -0.3 is 20.0 Å². The molecule has 0 radical (unpaired) electrons. The minimum atomic E-state index is -3.45. The molecule has 0 spiro atoms. The van der Waals surface area contributed by atoms with Gasteiger partial charge in [-0.2, -0.15) is 0 Å². The van der Waals surface area contributed by atoms with Gasteiger partial charge in [0.05, 0.1) is 10.6 Å². The number of thiazole rings is 1. The summed E-state index contributed by atoms with van der Waals surface area (Å²) in [5.41, 5.74) is -1.82. The van der Waals surface area contributed by atoms with Crippen molar-refractivity contribution in [3.05, 3.63) is 58.7 Å². The normalized spacial score (nSPS) is 16.7. The van der Waals surface area contributed by atoms with Crippen LogP contribution in [0.3, 0.4) is 0 Å². The van der Waals surface area contributed by atoms with Crippen LogP contribution in [0.15, 0.2) is 57.9 Å². The lowest BCUT2D eigenvalue weighted by Crippen LogP contribution is -2.57. The molecule has 37 heavy (non-hydrogen) atoms. The molecule has 1 aromatic carbocycles. The Balaban J connectivity index is 1.77. The zero-order valence-corrected chi connectivity index (χ0v) is 22.2. The van der Waals surface area contributed by atoms with Gasteiger partial charge in [-0.1, -0.05) is 12.8 Å². The molecule has 198 valence electrons. The topological polar surface area (TPSA) is 170 Å². The maximum Gasteiger partial charge on any atom is 0.343 e. The van der Waals surface area contributed by atoms with Crippen molar-refractivity contribution in [1.29, 1.82) is 0 Å². The second kappa shape index (κ2) is 10.7. The van der Waals surface area contributed by atoms with E-state index in [1.54, 1.807) is 5.38 Å². The Morgan fingerprint density at radius 2 is 1.89 bits per heavy atom. The summed E-state index contributed by atoms with van der Waals surface area (Å²) in [5.74, 6) is -1.26. The molecule has 2 aromatic heterocycles. The van der Waals surface area contributed by atoms with Gasteiger partial charge in [-0.15, -0.1) is 11.3 Å². The molecule has 2 heterocycles. The quantitative estimate of drug-likeness (QED) is 0.286. The largest absolute Gasteiger partial charge is 0.479 e. The molecule has 1 saturated carbocycles. The Kier molecular flexibility index (Phi) is 7.83. The van der Waals surface area contributed by atoms with E-state index in [0.717, 1.165) is 43.3 Å². The van der Waals surface area contributed by atoms with Crippen molar-refractivity contribution in [2.75, 3.05) is 17.7 Å². The first kappa shape index (κ1) is 27.0. The molecule has 11 nitrogen and oxygen atoms in total. The molecule has 4 rings (SSSR count). The molecule has 1 aliphatic carbocycles. The van der Waals surface area contributed by atoms with Gasteiger partial charge in [0, 0.05) is 30.1 Å². The number of sulfone groups is 1. The number of carbonyl (C=O) groups is 2. The second-order valence-electron chi connectivity index (χ2n) is 8.84. The van der Waals surface area contributed by atoms with Gasteiger partial charge in [0.25, 0.3) is 0 Å². The number of carbonyl (C=O) groups excluding carboxylic acids is 1. The van der Waals surface area contributed by atoms with Crippen molar-refractivity contribution < 1.29 is 31.9 Å². The van der Waals surface area contributed by atoms with Crippen molar-refractivity contribution in [2.24, 2.45) is 5.92 Å². The maximum absolute atomic E-state index is 13.8. The first-order chi connectivity index (χ1) is 17.5. The van der Waals surface area contributed by atoms with Crippen LogP contribution < -0.4 is 10.2 Å². The molecule has 4 N–H and O–H groups in total. The number of carboxylic acids is 1. The van der Waals surface area contributed by atoms with Gasteiger partial charge >= 0.3 is 12.0 Å². The summed E-state index contributed by atoms with van der Waals surface area (Å²) in [5, 5.41) is 14.5. The lowest BCUT2D eigenvalue weighted by molar-refractivity contribution is -0.143. The lowest BCUT2D eigenvalue weighted by Gasteiger charge is -2.33. The number of aliphatic carboxylic acids is 1. The van der Waals surface area contributed by atoms with E-state index in [2.05, 4.69) is 15.3 Å². The monoisotopic (exact) mass is 566 g/mol. The predicted molar refractivity (Wildman–Crippen MR) is 138 cm³/mol. The third-order valence-electron chi connectivity index (χ3n) is 6.36. The number of nitrogens with zero attached hydrogens (tertiary/aromatic N) is 2. The average molecular weight is 567 g/mol. The highest BCUT2D eigenvalue weighted by Crippen LogP contribution is 2.34. The van der Waals surface area contributed by atoms with Crippen LogP contribution in [0.2, 0.25) is 0 Å². The van der Waals surface area contributed by atoms with Gasteiger partial charge in [-0.05, 0) is 55.2 Å². The van der Waals surface area contributed by atoms with Crippen molar-refractivity contribution in [1.82, 2.24) is 15.3 Å². The summed E-state index contributed by atoms with van der Waals surface area (Å²) < 4.78 is 44.9. The van der Waals surface area contributed by atoms with Gasteiger partial charge in [0.15, 0.2) is 9.84 Å². The number of amides is 2. The number of aromatic amines is 1. The van der Waals surface area contributed by atoms with Crippen LogP contribution >= 0.6 is 11.3 Å². The molecule has 2 amide bonds. The highest BCUT2D eigenvalue weighted by Gasteiger charge is 2.49. The number of aromatic nitrogens is 2. The predicted octanol–water partition coefficient (Wildman–Crippen LogP) is 3.19. The Hall–Kier alpha value is -3.07. The van der Waals surface area contributed by atoms with E-state index in [4.69, 9.17) is 0 Å². The summed E-state index contributed by atoms with van der Waals surface area (Å²) in [6, 6.07) is 7.68. The lowest BCUT2D eigenvalue weighted by atomic mass is 9.96. The van der Waals surface area contributed by atoms with Gasteiger partial charge in [-0.3, -0.25) is 4.90 Å². The van der Waals surface area contributed by atoms with Crippen molar-refractivity contribution in [3.63, 3.8) is 0 Å². The molecule has 2 atom stereocenters. The molecular formula is C23H26N4O7S3. The van der Waals surface area contributed by atoms with Crippen molar-refractivity contribution in [2.45, 2.75) is 41.1 Å². The number of hydrogen-bond acceptors (Lipinski definition) is 7. The van der Waals surface area contributed by atoms with E-state index in [0.29, 0.717) is 12.2 Å². The fraction of sp³-hybridized carbons (Fsp3) is 0.348. The van der Waals surface area contributed by atoms with E-state index < -0.39 is 38.5 Å². The summed E-state index contributed by atoms with van der Waals surface area (Å²) in [6.07, 6.45) is 6.35. The van der Waals surface area contributed by atoms with Crippen LogP contribution in [0, 0.1) is 5.92 Å². The Labute approximate surface area is 220 Å². The Morgan fingerprint density at radius 3 is 2.41 bits per heavy atom. The van der Waals surface area contributed by atoms with Crippen LogP contribution in [0.5, 0.6) is 0 Å². The third kappa shape index (κ3) is 5.61. The summed E-state index contributed by atoms with van der Waals surface area (Å²) in [4.78, 5) is 34.9. The van der Waals surface area contributed by atoms with Crippen LogP contribution in [0.1, 0.15) is 36.4 Å². The Morgan fingerprint density at radius 1 is 1.22 bits per heavy atom. The Bertz CT molecular complexity index is 1400. The molecule has 1 aliphatic rings. The number of H-pyrrole nitrogens is 1. The second-order valence-corrected chi connectivity index (χ2v) is 12.7. The average Bonchev–Trinajstić information content (AvgIpc) is 3.63. The van der Waals surface area contributed by atoms with Gasteiger partial charge in [-0.25, -0.2) is 27.2 Å². The van der Waals surface area contributed by atoms with E-state index in [9.17, 15) is 31.9 Å². The number of carboxylic acid groups (broad SMARTS) is 1. The number of urea groups is 1. The molecule has 0 bridgehead atoms. The fourth-order valence-electron chi connectivity index (χ4n) is 4.46. The van der Waals surface area contributed by atoms with Crippen LogP contribution in [-0.4, -0.2) is 57.1 Å². The minimum absolute atomic E-state index is 0.0405. The molecule has 0 saturated heterocycles. The number of rotatable bonds is 9. The van der Waals surface area contributed by atoms with Crippen LogP contribution in [0.25, 0.3) is 0 Å². The molecule has 0 aliphatic heterocycles. The summed E-state index contributed by atoms with van der Waals surface area (Å²) >= 11 is -1.40. The van der Waals surface area contributed by atoms with Crippen LogP contribution in [-0.2, 0) is 31.3 Å². The molecule has 2 unspecified atom stereocenters.